The highest BCUT2D eigenvalue weighted by atomic mass is 31.1. The zero-order chi connectivity index (χ0) is 6.08. The van der Waals surface area contributed by atoms with E-state index in [1.165, 1.54) is 18.5 Å². The Kier molecular flexibility index (Phi) is 2.09. The molecular formula is C2H5FO2P2. The van der Waals surface area contributed by atoms with Crippen LogP contribution in [0.1, 0.15) is 0 Å². The van der Waals surface area contributed by atoms with Crippen molar-refractivity contribution < 1.29 is 14.3 Å². The molecule has 0 amide bonds. The summed E-state index contributed by atoms with van der Waals surface area (Å²) in [5.41, 5.74) is 0. The number of halogens is 1. The number of hydrogen-bond donors (Lipinski definition) is 1. The molecule has 0 fully saturated rings. The first-order valence-electron chi connectivity index (χ1n) is 1.44. The SMILES string of the molecule is O=C(O)C(F)(P)P. The lowest BCUT2D eigenvalue weighted by Crippen LogP contribution is -2.16. The largest absolute Gasteiger partial charge is 0.478 e. The fraction of sp³-hybridized carbons (Fsp3) is 0.500. The van der Waals surface area contributed by atoms with E-state index in [0.29, 0.717) is 0 Å². The molecule has 5 heteroatoms. The Labute approximate surface area is 44.9 Å². The van der Waals surface area contributed by atoms with Crippen LogP contribution in [0.15, 0.2) is 0 Å². The highest BCUT2D eigenvalue weighted by Crippen LogP contribution is 2.27. The van der Waals surface area contributed by atoms with Crippen molar-refractivity contribution in [2.24, 2.45) is 0 Å². The second-order valence-corrected chi connectivity index (χ2v) is 3.42. The van der Waals surface area contributed by atoms with Crippen LogP contribution in [-0.2, 0) is 4.79 Å². The average molecular weight is 142 g/mol. The molecule has 0 saturated heterocycles. The van der Waals surface area contributed by atoms with Gasteiger partial charge in [-0.1, -0.05) is 18.5 Å². The van der Waals surface area contributed by atoms with E-state index in [0.717, 1.165) is 0 Å². The van der Waals surface area contributed by atoms with Crippen LogP contribution in [0.4, 0.5) is 4.39 Å². The minimum absolute atomic E-state index is 1.50. The van der Waals surface area contributed by atoms with Crippen molar-refractivity contribution >= 4 is 24.4 Å². The van der Waals surface area contributed by atoms with Gasteiger partial charge in [0.2, 0.25) is 5.15 Å². The normalized spacial score (nSPS) is 11.3. The monoisotopic (exact) mass is 142 g/mol. The van der Waals surface area contributed by atoms with Crippen LogP contribution in [0.25, 0.3) is 0 Å². The second-order valence-electron chi connectivity index (χ2n) is 1.07. The predicted molar refractivity (Wildman–Crippen MR) is 30.9 cm³/mol. The molecule has 2 atom stereocenters. The summed E-state index contributed by atoms with van der Waals surface area (Å²) in [4.78, 5) is 9.60. The molecule has 7 heavy (non-hydrogen) atoms. The fourth-order valence-corrected chi connectivity index (χ4v) is 0. The molecule has 0 saturated carbocycles. The van der Waals surface area contributed by atoms with E-state index in [4.69, 9.17) is 5.11 Å². The van der Waals surface area contributed by atoms with Gasteiger partial charge in [-0.25, -0.2) is 9.18 Å². The van der Waals surface area contributed by atoms with Crippen LogP contribution >= 0.6 is 18.5 Å². The van der Waals surface area contributed by atoms with Gasteiger partial charge in [0.1, 0.15) is 0 Å². The Balaban J connectivity index is 3.79. The molecule has 0 aromatic carbocycles. The van der Waals surface area contributed by atoms with E-state index >= 15 is 0 Å². The Morgan fingerprint density at radius 1 is 1.71 bits per heavy atom. The van der Waals surface area contributed by atoms with E-state index in [1.807, 2.05) is 0 Å². The van der Waals surface area contributed by atoms with Crippen LogP contribution in [-0.4, -0.2) is 16.2 Å². The van der Waals surface area contributed by atoms with Gasteiger partial charge in [-0.3, -0.25) is 0 Å². The van der Waals surface area contributed by atoms with E-state index in [2.05, 4.69) is 0 Å². The third-order valence-electron chi connectivity index (χ3n) is 0.328. The molecular weight excluding hydrogens is 137 g/mol. The lowest BCUT2D eigenvalue weighted by atomic mass is 10.8. The zero-order valence-corrected chi connectivity index (χ0v) is 5.70. The van der Waals surface area contributed by atoms with Crippen molar-refractivity contribution in [3.05, 3.63) is 0 Å². The Bertz CT molecular complexity index is 86.2. The highest BCUT2D eigenvalue weighted by Gasteiger charge is 2.25. The maximum Gasteiger partial charge on any atom is 0.349 e. The number of carboxylic acid groups (broad SMARTS) is 1. The van der Waals surface area contributed by atoms with Gasteiger partial charge >= 0.3 is 5.97 Å². The van der Waals surface area contributed by atoms with Gasteiger partial charge in [-0.2, -0.15) is 0 Å². The third-order valence-corrected chi connectivity index (χ3v) is 0.822. The molecule has 2 nitrogen and oxygen atoms in total. The Hall–Kier alpha value is 0.260. The summed E-state index contributed by atoms with van der Waals surface area (Å²) in [5.74, 6) is -1.50. The van der Waals surface area contributed by atoms with Gasteiger partial charge in [-0.05, 0) is 0 Å². The molecule has 2 unspecified atom stereocenters. The molecule has 0 heterocycles. The number of hydrogen-bond acceptors (Lipinski definition) is 1. The molecule has 0 bridgehead atoms. The summed E-state index contributed by atoms with van der Waals surface area (Å²) >= 11 is 0. The maximum atomic E-state index is 11.8. The molecule has 0 aliphatic heterocycles. The maximum absolute atomic E-state index is 11.8. The van der Waals surface area contributed by atoms with Crippen molar-refractivity contribution in [2.45, 2.75) is 5.15 Å². The number of alkyl halides is 1. The van der Waals surface area contributed by atoms with Crippen molar-refractivity contribution in [3.8, 4) is 0 Å². The van der Waals surface area contributed by atoms with Crippen LogP contribution < -0.4 is 0 Å². The van der Waals surface area contributed by atoms with Gasteiger partial charge in [-0.15, -0.1) is 0 Å². The third kappa shape index (κ3) is 2.90. The molecule has 0 spiro atoms. The highest BCUT2D eigenvalue weighted by molar-refractivity contribution is 7.41. The number of aliphatic carboxylic acids is 1. The minimum atomic E-state index is -2.25. The van der Waals surface area contributed by atoms with Gasteiger partial charge in [0.05, 0.1) is 0 Å². The number of carboxylic acids is 1. The number of carbonyl (C=O) groups is 1. The summed E-state index contributed by atoms with van der Waals surface area (Å²) in [5, 5.41) is 5.58. The Morgan fingerprint density at radius 3 is 1.86 bits per heavy atom. The van der Waals surface area contributed by atoms with Gasteiger partial charge in [0, 0.05) is 0 Å². The summed E-state index contributed by atoms with van der Waals surface area (Å²) in [6.45, 7) is 0. The molecule has 0 radical (unpaired) electrons. The lowest BCUT2D eigenvalue weighted by Gasteiger charge is -2.03. The molecule has 0 aromatic heterocycles. The van der Waals surface area contributed by atoms with Crippen LogP contribution in [0.5, 0.6) is 0 Å². The second kappa shape index (κ2) is 2.02. The number of rotatable bonds is 1. The minimum Gasteiger partial charge on any atom is -0.478 e. The fourth-order valence-electron chi connectivity index (χ4n) is 0. The van der Waals surface area contributed by atoms with Crippen molar-refractivity contribution in [2.75, 3.05) is 0 Å². The quantitative estimate of drug-likeness (QED) is 0.539. The summed E-state index contributed by atoms with van der Waals surface area (Å²) in [6.07, 6.45) is 0. The van der Waals surface area contributed by atoms with Crippen molar-refractivity contribution in [1.82, 2.24) is 0 Å². The smallest absolute Gasteiger partial charge is 0.349 e. The van der Waals surface area contributed by atoms with Crippen LogP contribution in [0, 0.1) is 0 Å². The molecule has 0 aliphatic carbocycles. The predicted octanol–water partition coefficient (Wildman–Crippen LogP) is 0.444. The summed E-state index contributed by atoms with van der Waals surface area (Å²) in [6, 6.07) is 0. The average Bonchev–Trinajstić information content (AvgIpc) is 1.31. The van der Waals surface area contributed by atoms with E-state index in [-0.39, 0.29) is 0 Å². The summed E-state index contributed by atoms with van der Waals surface area (Å²) < 4.78 is 11.8. The van der Waals surface area contributed by atoms with Gasteiger partial charge < -0.3 is 5.11 Å². The lowest BCUT2D eigenvalue weighted by molar-refractivity contribution is -0.140. The van der Waals surface area contributed by atoms with E-state index in [9.17, 15) is 9.18 Å². The molecule has 0 aliphatic rings. The zero-order valence-electron chi connectivity index (χ0n) is 3.39. The van der Waals surface area contributed by atoms with E-state index in [1.54, 1.807) is 0 Å². The molecule has 0 rings (SSSR count). The van der Waals surface area contributed by atoms with Crippen molar-refractivity contribution in [1.29, 1.82) is 0 Å². The van der Waals surface area contributed by atoms with Crippen LogP contribution in [0.2, 0.25) is 0 Å². The van der Waals surface area contributed by atoms with Gasteiger partial charge in [0.15, 0.2) is 0 Å². The first kappa shape index (κ1) is 7.26. The summed E-state index contributed by atoms with van der Waals surface area (Å²) in [7, 11) is 3.06. The van der Waals surface area contributed by atoms with Crippen LogP contribution in [0.3, 0.4) is 0 Å². The first-order chi connectivity index (χ1) is 2.94. The van der Waals surface area contributed by atoms with Crippen molar-refractivity contribution in [3.63, 3.8) is 0 Å². The first-order valence-corrected chi connectivity index (χ1v) is 2.60. The molecule has 42 valence electrons. The van der Waals surface area contributed by atoms with Gasteiger partial charge in [0.25, 0.3) is 0 Å². The van der Waals surface area contributed by atoms with E-state index < -0.39 is 11.1 Å². The molecule has 1 N–H and O–H groups in total. The molecule has 0 aromatic rings. The standard InChI is InChI=1S/C2H5FO2P2/c3-2(6,7)1(4)5/h6-7H2,(H,4,5). The Morgan fingerprint density at radius 2 is 1.86 bits per heavy atom. The topological polar surface area (TPSA) is 37.3 Å².